The lowest BCUT2D eigenvalue weighted by Gasteiger charge is -2.47. The van der Waals surface area contributed by atoms with Gasteiger partial charge in [0.2, 0.25) is 0 Å². The van der Waals surface area contributed by atoms with Crippen LogP contribution in [0.4, 0.5) is 0 Å². The Morgan fingerprint density at radius 2 is 1.78 bits per heavy atom. The van der Waals surface area contributed by atoms with Gasteiger partial charge in [0.1, 0.15) is 6.10 Å². The third-order valence-corrected chi connectivity index (χ3v) is 10.5. The zero-order valence-corrected chi connectivity index (χ0v) is 31.5. The Morgan fingerprint density at radius 3 is 2.51 bits per heavy atom. The molecule has 10 heteroatoms. The van der Waals surface area contributed by atoms with Gasteiger partial charge < -0.3 is 39.4 Å². The highest BCUT2D eigenvalue weighted by atomic mass is 16.6. The molecule has 0 aliphatic carbocycles. The molecule has 0 aromatic heterocycles. The first-order valence-corrected chi connectivity index (χ1v) is 18.9. The van der Waals surface area contributed by atoms with E-state index in [0.29, 0.717) is 44.4 Å². The van der Waals surface area contributed by atoms with Crippen LogP contribution in [0.1, 0.15) is 92.9 Å². The molecule has 2 fully saturated rings. The molecule has 3 aliphatic heterocycles. The van der Waals surface area contributed by atoms with E-state index in [4.69, 9.17) is 18.9 Å². The van der Waals surface area contributed by atoms with E-state index in [-0.39, 0.29) is 55.7 Å². The molecule has 3 aliphatic rings. The van der Waals surface area contributed by atoms with Crippen LogP contribution in [0.5, 0.6) is 0 Å². The topological polar surface area (TPSA) is 152 Å². The Morgan fingerprint density at radius 1 is 1.04 bits per heavy atom. The van der Waals surface area contributed by atoms with Gasteiger partial charge in [-0.25, -0.2) is 9.59 Å². The quantitative estimate of drug-likeness (QED) is 0.159. The van der Waals surface area contributed by atoms with Crippen LogP contribution >= 0.6 is 0 Å². The highest BCUT2D eigenvalue weighted by Crippen LogP contribution is 2.41. The van der Waals surface area contributed by atoms with E-state index in [1.54, 1.807) is 24.3 Å². The standard InChI is InChI=1S/C41H64O10/c1-27(2)21-34(44)29(4)25-48-40(47)33(43)18-13-14-19-37-41(6,26-42)38-24-32(50-37)17-10-7-9-15-28(3)22-36-30(5)35(45)23-31(49-36)16-11-8-12-20-39(46)51-38/h8-15,17,20,27-38,42-45H,7,16,18-19,21-26H2,1-6H3/b11-8+,14-13-,15-9+,17-10+,20-12+/t28?,29?,30-,31+,32-,33?,34?,35+,36-,37+,38-,41+/m1/s1. The second kappa shape index (κ2) is 21.2. The van der Waals surface area contributed by atoms with Gasteiger partial charge in [-0.3, -0.25) is 0 Å². The zero-order chi connectivity index (χ0) is 37.6. The molecule has 3 rings (SSSR count). The molecule has 0 aromatic rings. The van der Waals surface area contributed by atoms with Gasteiger partial charge in [-0.2, -0.15) is 0 Å². The molecule has 4 unspecified atom stereocenters. The van der Waals surface area contributed by atoms with E-state index in [2.05, 4.69) is 19.1 Å². The van der Waals surface area contributed by atoms with Gasteiger partial charge in [-0.05, 0) is 43.9 Å². The van der Waals surface area contributed by atoms with E-state index in [1.165, 1.54) is 6.08 Å². The normalized spacial score (nSPS) is 36.7. The molecule has 4 bridgehead atoms. The fourth-order valence-corrected chi connectivity index (χ4v) is 6.89. The minimum Gasteiger partial charge on any atom is -0.463 e. The number of ether oxygens (including phenoxy) is 4. The Bertz CT molecular complexity index is 1220. The molecule has 10 nitrogen and oxygen atoms in total. The molecule has 0 amide bonds. The van der Waals surface area contributed by atoms with Crippen molar-refractivity contribution < 1.29 is 49.0 Å². The van der Waals surface area contributed by atoms with Gasteiger partial charge in [-0.15, -0.1) is 0 Å². The average molecular weight is 717 g/mol. The lowest BCUT2D eigenvalue weighted by Crippen LogP contribution is -2.55. The molecule has 12 atom stereocenters. The maximum Gasteiger partial charge on any atom is 0.335 e. The van der Waals surface area contributed by atoms with Crippen LogP contribution in [0.25, 0.3) is 0 Å². The third-order valence-electron chi connectivity index (χ3n) is 10.5. The smallest absolute Gasteiger partial charge is 0.335 e. The number of allylic oxidation sites excluding steroid dienone is 5. The Kier molecular flexibility index (Phi) is 17.8. The van der Waals surface area contributed by atoms with Gasteiger partial charge >= 0.3 is 11.9 Å². The summed E-state index contributed by atoms with van der Waals surface area (Å²) in [6, 6.07) is 0. The van der Waals surface area contributed by atoms with Crippen LogP contribution in [-0.4, -0.2) is 94.4 Å². The summed E-state index contributed by atoms with van der Waals surface area (Å²) in [6.07, 6.45) is 18.4. The Labute approximate surface area is 305 Å². The highest BCUT2D eigenvalue weighted by Gasteiger charge is 2.49. The predicted octanol–water partition coefficient (Wildman–Crippen LogP) is 5.54. The fraction of sp³-hybridized carbons (Fsp3) is 0.707. The lowest BCUT2D eigenvalue weighted by atomic mass is 9.73. The number of aliphatic hydroxyl groups excluding tert-OH is 4. The van der Waals surface area contributed by atoms with Crippen LogP contribution in [0.15, 0.2) is 60.8 Å². The number of fused-ring (bicyclic) bond motifs is 4. The number of rotatable bonds is 11. The van der Waals surface area contributed by atoms with Crippen LogP contribution in [0, 0.1) is 29.1 Å². The first-order chi connectivity index (χ1) is 24.2. The van der Waals surface area contributed by atoms with Crippen molar-refractivity contribution in [3.63, 3.8) is 0 Å². The highest BCUT2D eigenvalue weighted by molar-refractivity contribution is 5.82. The molecule has 3 heterocycles. The SMILES string of the molecule is CC(C)CC(O)C(C)COC(=O)C(O)C/C=C\C[C@@H]1O[C@@H]2/C=C/C/C=C/C(C)C[C@H]3O[C@@H](C/C=C/C=C/C(=O)O[C@H](C2)[C@@]1(C)CO)C[C@H](O)[C@H]3C. The van der Waals surface area contributed by atoms with Crippen molar-refractivity contribution in [2.45, 2.75) is 142 Å². The van der Waals surface area contributed by atoms with Crippen LogP contribution in [0.2, 0.25) is 0 Å². The van der Waals surface area contributed by atoms with E-state index >= 15 is 0 Å². The number of hydrogen-bond acceptors (Lipinski definition) is 10. The number of aliphatic hydroxyl groups is 4. The van der Waals surface area contributed by atoms with E-state index < -0.39 is 47.9 Å². The zero-order valence-electron chi connectivity index (χ0n) is 31.5. The van der Waals surface area contributed by atoms with Crippen molar-refractivity contribution in [1.82, 2.24) is 0 Å². The summed E-state index contributed by atoms with van der Waals surface area (Å²) < 4.78 is 24.0. The molecular weight excluding hydrogens is 652 g/mol. The number of carbonyl (C=O) groups excluding carboxylic acids is 2. The molecule has 2 saturated heterocycles. The van der Waals surface area contributed by atoms with Crippen molar-refractivity contribution >= 4 is 11.9 Å². The Hall–Kier alpha value is -2.60. The second-order valence-electron chi connectivity index (χ2n) is 15.5. The van der Waals surface area contributed by atoms with E-state index in [9.17, 15) is 30.0 Å². The largest absolute Gasteiger partial charge is 0.463 e. The fourth-order valence-electron chi connectivity index (χ4n) is 6.89. The Balaban J connectivity index is 1.68. The van der Waals surface area contributed by atoms with Crippen molar-refractivity contribution in [3.05, 3.63) is 60.8 Å². The van der Waals surface area contributed by atoms with Crippen molar-refractivity contribution in [3.8, 4) is 0 Å². The summed E-state index contributed by atoms with van der Waals surface area (Å²) in [4.78, 5) is 25.4. The minimum absolute atomic E-state index is 0.0216. The van der Waals surface area contributed by atoms with Crippen molar-refractivity contribution in [2.75, 3.05) is 13.2 Å². The summed E-state index contributed by atoms with van der Waals surface area (Å²) in [6.45, 7) is 11.6. The molecule has 4 N–H and O–H groups in total. The van der Waals surface area contributed by atoms with E-state index in [0.717, 1.165) is 6.42 Å². The molecule has 288 valence electrons. The van der Waals surface area contributed by atoms with Crippen LogP contribution in [0.3, 0.4) is 0 Å². The molecule has 0 aromatic carbocycles. The first kappa shape index (κ1) is 42.8. The second-order valence-corrected chi connectivity index (χ2v) is 15.5. The van der Waals surface area contributed by atoms with Gasteiger partial charge in [0.05, 0.1) is 55.3 Å². The third kappa shape index (κ3) is 13.7. The van der Waals surface area contributed by atoms with Gasteiger partial charge in [0.25, 0.3) is 0 Å². The monoisotopic (exact) mass is 716 g/mol. The van der Waals surface area contributed by atoms with Crippen LogP contribution < -0.4 is 0 Å². The predicted molar refractivity (Wildman–Crippen MR) is 196 cm³/mol. The minimum atomic E-state index is -1.36. The van der Waals surface area contributed by atoms with Crippen molar-refractivity contribution in [1.29, 1.82) is 0 Å². The number of esters is 2. The van der Waals surface area contributed by atoms with Crippen molar-refractivity contribution in [2.24, 2.45) is 29.1 Å². The molecule has 0 spiro atoms. The van der Waals surface area contributed by atoms with Crippen LogP contribution in [-0.2, 0) is 28.5 Å². The van der Waals surface area contributed by atoms with Gasteiger partial charge in [-0.1, -0.05) is 96.2 Å². The molecular formula is C41H64O10. The van der Waals surface area contributed by atoms with E-state index in [1.807, 2.05) is 52.8 Å². The summed E-state index contributed by atoms with van der Waals surface area (Å²) in [5, 5.41) is 41.9. The summed E-state index contributed by atoms with van der Waals surface area (Å²) >= 11 is 0. The maximum absolute atomic E-state index is 13.0. The van der Waals surface area contributed by atoms with Gasteiger partial charge in [0, 0.05) is 37.2 Å². The summed E-state index contributed by atoms with van der Waals surface area (Å²) in [5.41, 5.74) is -0.919. The summed E-state index contributed by atoms with van der Waals surface area (Å²) in [7, 11) is 0. The molecule has 0 radical (unpaired) electrons. The molecule has 51 heavy (non-hydrogen) atoms. The molecule has 0 saturated carbocycles. The summed E-state index contributed by atoms with van der Waals surface area (Å²) in [5.74, 6) is -0.891. The number of hydrogen-bond donors (Lipinski definition) is 4. The number of carbonyl (C=O) groups is 2. The van der Waals surface area contributed by atoms with Gasteiger partial charge in [0.15, 0.2) is 6.10 Å². The maximum atomic E-state index is 13.0. The average Bonchev–Trinajstić information content (AvgIpc) is 3.07. The lowest BCUT2D eigenvalue weighted by molar-refractivity contribution is -0.198. The first-order valence-electron chi connectivity index (χ1n) is 18.9.